The first kappa shape index (κ1) is 19.2. The number of ether oxygens (including phenoxy) is 1. The molecule has 1 N–H and O–H groups in total. The zero-order chi connectivity index (χ0) is 21.0. The number of aryl methyl sites for hydroxylation is 1. The first-order valence-corrected chi connectivity index (χ1v) is 12.0. The van der Waals surface area contributed by atoms with E-state index in [1.165, 1.54) is 15.0 Å². The van der Waals surface area contributed by atoms with Crippen molar-refractivity contribution >= 4 is 23.0 Å². The summed E-state index contributed by atoms with van der Waals surface area (Å²) in [5, 5.41) is 5.16. The van der Waals surface area contributed by atoms with Crippen LogP contribution in [0.2, 0.25) is 0 Å². The summed E-state index contributed by atoms with van der Waals surface area (Å²) in [7, 11) is 0. The van der Waals surface area contributed by atoms with Crippen LogP contribution >= 0.6 is 11.3 Å². The van der Waals surface area contributed by atoms with E-state index >= 15 is 0 Å². The molecule has 9 heteroatoms. The molecule has 3 aromatic rings. The molecular weight excluding hydrogens is 414 g/mol. The Morgan fingerprint density at radius 1 is 1.19 bits per heavy atom. The van der Waals surface area contributed by atoms with Crippen LogP contribution in [0, 0.1) is 0 Å². The molecule has 8 nitrogen and oxygen atoms in total. The second-order valence-electron chi connectivity index (χ2n) is 8.76. The maximum absolute atomic E-state index is 13.0. The Kier molecular flexibility index (Phi) is 4.50. The molecule has 1 fully saturated rings. The Balaban J connectivity index is 1.18. The average Bonchev–Trinajstić information content (AvgIpc) is 3.42. The van der Waals surface area contributed by atoms with Crippen LogP contribution in [0.25, 0.3) is 5.78 Å². The number of aromatic nitrogens is 4. The van der Waals surface area contributed by atoms with Crippen molar-refractivity contribution in [2.75, 3.05) is 19.7 Å². The monoisotopic (exact) mass is 439 g/mol. The zero-order valence-corrected chi connectivity index (χ0v) is 18.2. The van der Waals surface area contributed by atoms with Crippen molar-refractivity contribution in [2.45, 2.75) is 57.0 Å². The maximum atomic E-state index is 13.0. The molecule has 3 aliphatic rings. The largest absolute Gasteiger partial charge is 0.370 e. The standard InChI is InChI=1S/C22H25N5O3S/c28-19(26-9-7-22(8-10-26)15-6-12-31-17(15)5-11-30-22)13-18-24-21-23-16-4-2-1-3-14(16)20(29)27(21)25-18/h6,12H,1-5,7-11,13H2,(H,23,24,25). The minimum Gasteiger partial charge on any atom is -0.370 e. The molecule has 1 saturated heterocycles. The number of fused-ring (bicyclic) bond motifs is 4. The van der Waals surface area contributed by atoms with E-state index in [4.69, 9.17) is 4.74 Å². The molecule has 1 amide bonds. The number of rotatable bonds is 2. The molecule has 0 radical (unpaired) electrons. The lowest BCUT2D eigenvalue weighted by atomic mass is 9.82. The number of piperidine rings is 1. The Labute approximate surface area is 183 Å². The number of hydrogen-bond acceptors (Lipinski definition) is 6. The third-order valence-electron chi connectivity index (χ3n) is 7.00. The van der Waals surface area contributed by atoms with Gasteiger partial charge in [-0.05, 0) is 55.5 Å². The van der Waals surface area contributed by atoms with Crippen molar-refractivity contribution in [2.24, 2.45) is 0 Å². The molecule has 6 rings (SSSR count). The smallest absolute Gasteiger partial charge is 0.277 e. The van der Waals surface area contributed by atoms with E-state index in [1.807, 2.05) is 16.2 Å². The topological polar surface area (TPSA) is 92.6 Å². The predicted molar refractivity (Wildman–Crippen MR) is 115 cm³/mol. The van der Waals surface area contributed by atoms with Crippen molar-refractivity contribution in [1.29, 1.82) is 0 Å². The van der Waals surface area contributed by atoms with Crippen molar-refractivity contribution < 1.29 is 9.53 Å². The summed E-state index contributed by atoms with van der Waals surface area (Å²) in [6, 6.07) is 2.19. The number of nitrogens with one attached hydrogen (secondary N) is 1. The summed E-state index contributed by atoms with van der Waals surface area (Å²) in [5.74, 6) is 0.881. The highest BCUT2D eigenvalue weighted by Crippen LogP contribution is 2.43. The van der Waals surface area contributed by atoms with E-state index in [-0.39, 0.29) is 23.5 Å². The Morgan fingerprint density at radius 2 is 2.03 bits per heavy atom. The van der Waals surface area contributed by atoms with Crippen molar-refractivity contribution in [3.05, 3.63) is 49.3 Å². The third-order valence-corrected chi connectivity index (χ3v) is 7.98. The molecule has 2 aliphatic heterocycles. The predicted octanol–water partition coefficient (Wildman–Crippen LogP) is 1.99. The van der Waals surface area contributed by atoms with Gasteiger partial charge in [0.2, 0.25) is 5.91 Å². The normalized spacial score (nSPS) is 20.1. The Bertz CT molecular complexity index is 1220. The lowest BCUT2D eigenvalue weighted by Crippen LogP contribution is -2.48. The SMILES string of the molecule is O=C(Cc1nc2nc3c(c(=O)n2[nH]1)CCCC3)N1CCC2(CC1)OCCc1sccc12. The number of thiophene rings is 1. The Morgan fingerprint density at radius 3 is 2.90 bits per heavy atom. The fourth-order valence-corrected chi connectivity index (χ4v) is 6.26. The first-order chi connectivity index (χ1) is 15.1. The number of aromatic amines is 1. The van der Waals surface area contributed by atoms with Gasteiger partial charge >= 0.3 is 0 Å². The maximum Gasteiger partial charge on any atom is 0.277 e. The van der Waals surface area contributed by atoms with Gasteiger partial charge in [-0.3, -0.25) is 14.7 Å². The lowest BCUT2D eigenvalue weighted by molar-refractivity contribution is -0.140. The van der Waals surface area contributed by atoms with Crippen LogP contribution in [0.5, 0.6) is 0 Å². The van der Waals surface area contributed by atoms with Crippen LogP contribution in [0.1, 0.15) is 53.2 Å². The van der Waals surface area contributed by atoms with E-state index in [2.05, 4.69) is 26.5 Å². The summed E-state index contributed by atoms with van der Waals surface area (Å²) >= 11 is 1.81. The van der Waals surface area contributed by atoms with Gasteiger partial charge in [0, 0.05) is 30.0 Å². The zero-order valence-electron chi connectivity index (χ0n) is 17.4. The summed E-state index contributed by atoms with van der Waals surface area (Å²) in [6.45, 7) is 2.09. The van der Waals surface area contributed by atoms with E-state index in [9.17, 15) is 9.59 Å². The van der Waals surface area contributed by atoms with E-state index in [1.54, 1.807) is 0 Å². The van der Waals surface area contributed by atoms with Crippen LogP contribution in [-0.4, -0.2) is 50.1 Å². The van der Waals surface area contributed by atoms with E-state index in [0.717, 1.165) is 62.8 Å². The highest BCUT2D eigenvalue weighted by molar-refractivity contribution is 7.10. The molecule has 31 heavy (non-hydrogen) atoms. The second-order valence-corrected chi connectivity index (χ2v) is 9.76. The molecule has 5 heterocycles. The fraction of sp³-hybridized carbons (Fsp3) is 0.545. The number of carbonyl (C=O) groups is 1. The molecule has 0 saturated carbocycles. The van der Waals surface area contributed by atoms with Crippen molar-refractivity contribution in [3.63, 3.8) is 0 Å². The number of likely N-dealkylation sites (tertiary alicyclic amines) is 1. The number of nitrogens with zero attached hydrogens (tertiary/aromatic N) is 4. The molecule has 0 bridgehead atoms. The fourth-order valence-electron chi connectivity index (χ4n) is 5.31. The van der Waals surface area contributed by atoms with Gasteiger partial charge in [0.15, 0.2) is 0 Å². The molecule has 0 aromatic carbocycles. The number of carbonyl (C=O) groups excluding carboxylic acids is 1. The van der Waals surface area contributed by atoms with Gasteiger partial charge in [-0.2, -0.15) is 9.50 Å². The summed E-state index contributed by atoms with van der Waals surface area (Å²) in [6.07, 6.45) is 6.42. The van der Waals surface area contributed by atoms with E-state index in [0.29, 0.717) is 24.7 Å². The number of H-pyrrole nitrogens is 1. The number of hydrogen-bond donors (Lipinski definition) is 1. The van der Waals surface area contributed by atoms with Crippen LogP contribution in [0.15, 0.2) is 16.2 Å². The third kappa shape index (κ3) is 3.13. The Hall–Kier alpha value is -2.52. The highest BCUT2D eigenvalue weighted by atomic mass is 32.1. The quantitative estimate of drug-likeness (QED) is 0.659. The summed E-state index contributed by atoms with van der Waals surface area (Å²) in [4.78, 5) is 38.1. The van der Waals surface area contributed by atoms with Gasteiger partial charge in [0.25, 0.3) is 11.3 Å². The van der Waals surface area contributed by atoms with Gasteiger partial charge in [-0.15, -0.1) is 11.3 Å². The lowest BCUT2D eigenvalue weighted by Gasteiger charge is -2.44. The van der Waals surface area contributed by atoms with Crippen LogP contribution in [-0.2, 0) is 40.8 Å². The molecule has 1 aliphatic carbocycles. The van der Waals surface area contributed by atoms with Gasteiger partial charge in [0.1, 0.15) is 5.82 Å². The molecule has 162 valence electrons. The molecule has 3 aromatic heterocycles. The second kappa shape index (κ2) is 7.27. The first-order valence-electron chi connectivity index (χ1n) is 11.1. The van der Waals surface area contributed by atoms with Gasteiger partial charge in [-0.1, -0.05) is 0 Å². The number of amides is 1. The highest BCUT2D eigenvalue weighted by Gasteiger charge is 2.42. The van der Waals surface area contributed by atoms with E-state index < -0.39 is 0 Å². The van der Waals surface area contributed by atoms with Gasteiger partial charge < -0.3 is 9.64 Å². The van der Waals surface area contributed by atoms with Gasteiger partial charge in [-0.25, -0.2) is 4.98 Å². The van der Waals surface area contributed by atoms with Gasteiger partial charge in [0.05, 0.1) is 24.3 Å². The summed E-state index contributed by atoms with van der Waals surface area (Å²) < 4.78 is 7.64. The minimum atomic E-state index is -0.236. The van der Waals surface area contributed by atoms with Crippen molar-refractivity contribution in [3.8, 4) is 0 Å². The summed E-state index contributed by atoms with van der Waals surface area (Å²) in [5.41, 5.74) is 2.66. The minimum absolute atomic E-state index is 0.0214. The van der Waals surface area contributed by atoms with Crippen LogP contribution in [0.3, 0.4) is 0 Å². The van der Waals surface area contributed by atoms with Crippen LogP contribution < -0.4 is 5.56 Å². The van der Waals surface area contributed by atoms with Crippen molar-refractivity contribution in [1.82, 2.24) is 24.5 Å². The molecule has 1 spiro atoms. The average molecular weight is 440 g/mol. The van der Waals surface area contributed by atoms with Crippen LogP contribution in [0.4, 0.5) is 0 Å². The molecule has 0 unspecified atom stereocenters. The molecule has 0 atom stereocenters. The molecular formula is C22H25N5O3S.